The molecule has 1 aromatic heterocycles. The van der Waals surface area contributed by atoms with Crippen LogP contribution in [0.2, 0.25) is 0 Å². The van der Waals surface area contributed by atoms with Gasteiger partial charge in [-0.1, -0.05) is 13.8 Å². The van der Waals surface area contributed by atoms with Crippen molar-refractivity contribution in [3.05, 3.63) is 18.1 Å². The van der Waals surface area contributed by atoms with E-state index in [0.29, 0.717) is 12.3 Å². The molecule has 0 bridgehead atoms. The number of alkyl halides is 1. The fraction of sp³-hybridized carbons (Fsp3) is 0.600. The molecule has 0 aliphatic rings. The third-order valence-electron chi connectivity index (χ3n) is 2.15. The lowest BCUT2D eigenvalue weighted by atomic mass is 10.3. The topological polar surface area (TPSA) is 59.9 Å². The van der Waals surface area contributed by atoms with Crippen LogP contribution in [0.4, 0.5) is 0 Å². The van der Waals surface area contributed by atoms with Gasteiger partial charge in [0, 0.05) is 11.6 Å². The van der Waals surface area contributed by atoms with Crippen molar-refractivity contribution >= 4 is 21.4 Å². The average molecular weight is 263 g/mol. The molecule has 1 rings (SSSR count). The van der Waals surface area contributed by atoms with Gasteiger partial charge in [0.1, 0.15) is 6.33 Å². The first-order valence-electron chi connectivity index (χ1n) is 5.09. The molecule has 1 unspecified atom stereocenters. The van der Waals surface area contributed by atoms with Crippen molar-refractivity contribution in [2.75, 3.05) is 11.6 Å². The first-order chi connectivity index (χ1) is 7.49. The summed E-state index contributed by atoms with van der Waals surface area (Å²) in [5, 5.41) is 0.0938. The van der Waals surface area contributed by atoms with E-state index in [0.717, 1.165) is 5.69 Å². The smallest absolute Gasteiger partial charge is 0.196 e. The van der Waals surface area contributed by atoms with E-state index in [1.165, 1.54) is 12.4 Å². The number of aromatic nitrogens is 2. The molecule has 4 nitrogen and oxygen atoms in total. The maximum atomic E-state index is 11.9. The molecular formula is C10H15ClN2O2S. The zero-order valence-electron chi connectivity index (χ0n) is 9.35. The average Bonchev–Trinajstić information content (AvgIpc) is 2.28. The van der Waals surface area contributed by atoms with Crippen LogP contribution < -0.4 is 0 Å². The van der Waals surface area contributed by atoms with E-state index in [9.17, 15) is 8.42 Å². The molecule has 0 aliphatic heterocycles. The lowest BCUT2D eigenvalue weighted by molar-refractivity contribution is 0.578. The first kappa shape index (κ1) is 13.4. The summed E-state index contributed by atoms with van der Waals surface area (Å²) in [6.07, 6.45) is 1.98. The predicted molar refractivity (Wildman–Crippen MR) is 63.3 cm³/mol. The first-order valence-corrected chi connectivity index (χ1v) is 7.28. The Kier molecular flexibility index (Phi) is 4.68. The van der Waals surface area contributed by atoms with E-state index in [4.69, 9.17) is 11.6 Å². The summed E-state index contributed by atoms with van der Waals surface area (Å²) in [5.74, 6) is 0.272. The second kappa shape index (κ2) is 5.59. The lowest BCUT2D eigenvalue weighted by Gasteiger charge is -2.08. The van der Waals surface area contributed by atoms with Gasteiger partial charge in [0.2, 0.25) is 0 Å². The van der Waals surface area contributed by atoms with Gasteiger partial charge in [-0.15, -0.1) is 11.6 Å². The van der Waals surface area contributed by atoms with Crippen molar-refractivity contribution in [2.45, 2.75) is 25.3 Å². The zero-order valence-corrected chi connectivity index (χ0v) is 10.9. The SMILES string of the molecule is CCc1cc(S(=O)(=O)CC(C)CCl)ncn1. The van der Waals surface area contributed by atoms with Crippen LogP contribution in [0.1, 0.15) is 19.5 Å². The highest BCUT2D eigenvalue weighted by Gasteiger charge is 2.19. The lowest BCUT2D eigenvalue weighted by Crippen LogP contribution is -2.16. The van der Waals surface area contributed by atoms with Gasteiger partial charge in [-0.3, -0.25) is 0 Å². The second-order valence-corrected chi connectivity index (χ2v) is 6.03. The number of hydrogen-bond donors (Lipinski definition) is 0. The van der Waals surface area contributed by atoms with E-state index in [1.54, 1.807) is 6.92 Å². The summed E-state index contributed by atoms with van der Waals surface area (Å²) >= 11 is 5.61. The van der Waals surface area contributed by atoms with Gasteiger partial charge >= 0.3 is 0 Å². The standard InChI is InChI=1S/C10H15ClN2O2S/c1-3-9-4-10(13-7-12-9)16(14,15)6-8(2)5-11/h4,7-8H,3,5-6H2,1-2H3. The molecule has 0 saturated heterocycles. The third-order valence-corrected chi connectivity index (χ3v) is 4.54. The Balaban J connectivity index is 2.98. The van der Waals surface area contributed by atoms with Gasteiger partial charge < -0.3 is 0 Å². The van der Waals surface area contributed by atoms with Gasteiger partial charge in [-0.2, -0.15) is 0 Å². The highest BCUT2D eigenvalue weighted by atomic mass is 35.5. The van der Waals surface area contributed by atoms with Crippen LogP contribution in [-0.4, -0.2) is 30.0 Å². The third kappa shape index (κ3) is 3.42. The normalized spacial score (nSPS) is 13.7. The molecule has 1 heterocycles. The van der Waals surface area contributed by atoms with Crippen LogP contribution in [0.3, 0.4) is 0 Å². The van der Waals surface area contributed by atoms with Crippen molar-refractivity contribution in [3.8, 4) is 0 Å². The summed E-state index contributed by atoms with van der Waals surface area (Å²) < 4.78 is 23.8. The number of aryl methyl sites for hydroxylation is 1. The van der Waals surface area contributed by atoms with Crippen LogP contribution in [0.5, 0.6) is 0 Å². The van der Waals surface area contributed by atoms with Crippen molar-refractivity contribution in [2.24, 2.45) is 5.92 Å². The summed E-state index contributed by atoms with van der Waals surface area (Å²) in [4.78, 5) is 7.77. The predicted octanol–water partition coefficient (Wildman–Crippen LogP) is 1.69. The Bertz CT molecular complexity index is 448. The van der Waals surface area contributed by atoms with Crippen molar-refractivity contribution in [3.63, 3.8) is 0 Å². The van der Waals surface area contributed by atoms with Crippen molar-refractivity contribution < 1.29 is 8.42 Å². The zero-order chi connectivity index (χ0) is 12.2. The quantitative estimate of drug-likeness (QED) is 0.598. The van der Waals surface area contributed by atoms with Crippen LogP contribution in [-0.2, 0) is 16.3 Å². The van der Waals surface area contributed by atoms with Crippen LogP contribution in [0, 0.1) is 5.92 Å². The molecule has 16 heavy (non-hydrogen) atoms. The maximum absolute atomic E-state index is 11.9. The largest absolute Gasteiger partial charge is 0.241 e. The van der Waals surface area contributed by atoms with E-state index in [-0.39, 0.29) is 16.7 Å². The highest BCUT2D eigenvalue weighted by Crippen LogP contribution is 2.13. The molecular weight excluding hydrogens is 248 g/mol. The molecule has 0 aliphatic carbocycles. The van der Waals surface area contributed by atoms with Crippen LogP contribution in [0.15, 0.2) is 17.4 Å². The Morgan fingerprint density at radius 2 is 2.12 bits per heavy atom. The van der Waals surface area contributed by atoms with Gasteiger partial charge in [-0.25, -0.2) is 18.4 Å². The van der Waals surface area contributed by atoms with Crippen molar-refractivity contribution in [1.82, 2.24) is 9.97 Å². The molecule has 0 amide bonds. The summed E-state index contributed by atoms with van der Waals surface area (Å²) in [5.41, 5.74) is 0.729. The van der Waals surface area contributed by atoms with Crippen LogP contribution >= 0.6 is 11.6 Å². The van der Waals surface area contributed by atoms with Crippen molar-refractivity contribution in [1.29, 1.82) is 0 Å². The molecule has 0 saturated carbocycles. The Morgan fingerprint density at radius 3 is 2.69 bits per heavy atom. The number of rotatable bonds is 5. The van der Waals surface area contributed by atoms with E-state index < -0.39 is 9.84 Å². The van der Waals surface area contributed by atoms with E-state index in [1.807, 2.05) is 6.92 Å². The molecule has 1 aromatic rings. The fourth-order valence-electron chi connectivity index (χ4n) is 1.24. The highest BCUT2D eigenvalue weighted by molar-refractivity contribution is 7.91. The number of hydrogen-bond acceptors (Lipinski definition) is 4. The molecule has 0 radical (unpaired) electrons. The monoisotopic (exact) mass is 262 g/mol. The molecule has 0 spiro atoms. The maximum Gasteiger partial charge on any atom is 0.196 e. The second-order valence-electron chi connectivity index (χ2n) is 3.74. The summed E-state index contributed by atoms with van der Waals surface area (Å²) in [7, 11) is -3.34. The molecule has 1 atom stereocenters. The van der Waals surface area contributed by atoms with Gasteiger partial charge in [0.05, 0.1) is 5.75 Å². The minimum Gasteiger partial charge on any atom is -0.241 e. The molecule has 90 valence electrons. The molecule has 6 heteroatoms. The van der Waals surface area contributed by atoms with E-state index >= 15 is 0 Å². The molecule has 0 aromatic carbocycles. The summed E-state index contributed by atoms with van der Waals surface area (Å²) in [6.45, 7) is 3.71. The Labute approximate surface area is 101 Å². The summed E-state index contributed by atoms with van der Waals surface area (Å²) in [6, 6.07) is 1.52. The van der Waals surface area contributed by atoms with Crippen LogP contribution in [0.25, 0.3) is 0 Å². The van der Waals surface area contributed by atoms with E-state index in [2.05, 4.69) is 9.97 Å². The minimum atomic E-state index is -3.34. The fourth-order valence-corrected chi connectivity index (χ4v) is 3.04. The van der Waals surface area contributed by atoms with Gasteiger partial charge in [0.25, 0.3) is 0 Å². The van der Waals surface area contributed by atoms with Gasteiger partial charge in [-0.05, 0) is 18.4 Å². The molecule has 0 fully saturated rings. The molecule has 0 N–H and O–H groups in total. The number of halogens is 1. The Morgan fingerprint density at radius 1 is 1.44 bits per heavy atom. The number of sulfone groups is 1. The number of nitrogens with zero attached hydrogens (tertiary/aromatic N) is 2. The van der Waals surface area contributed by atoms with Gasteiger partial charge in [0.15, 0.2) is 14.9 Å². The minimum absolute atomic E-state index is 0.0245. The Hall–Kier alpha value is -0.680.